The zero-order valence-electron chi connectivity index (χ0n) is 14.2. The van der Waals surface area contributed by atoms with Gasteiger partial charge >= 0.3 is 12.1 Å². The number of nitrogens with one attached hydrogen (secondary N) is 1. The summed E-state index contributed by atoms with van der Waals surface area (Å²) < 4.78 is 5.13. The van der Waals surface area contributed by atoms with Gasteiger partial charge in [0.25, 0.3) is 0 Å². The Morgan fingerprint density at radius 2 is 1.59 bits per heavy atom. The van der Waals surface area contributed by atoms with Crippen LogP contribution in [0.25, 0.3) is 0 Å². The number of hydrogen-bond acceptors (Lipinski definition) is 3. The van der Waals surface area contributed by atoms with Crippen LogP contribution >= 0.6 is 0 Å². The quantitative estimate of drug-likeness (QED) is 0.827. The van der Waals surface area contributed by atoms with Crippen molar-refractivity contribution in [2.45, 2.75) is 58.6 Å². The number of carbonyl (C=O) groups excluding carboxylic acids is 1. The maximum Gasteiger partial charge on any atom is 0.408 e. The Morgan fingerprint density at radius 3 is 1.86 bits per heavy atom. The molecule has 0 aromatic heterocycles. The second kappa shape index (κ2) is 7.82. The number of hydrogen-bond donors (Lipinski definition) is 2. The summed E-state index contributed by atoms with van der Waals surface area (Å²) in [6, 6.07) is 0. The highest BCUT2D eigenvalue weighted by molar-refractivity contribution is 5.86. The second-order valence-electron chi connectivity index (χ2n) is 5.83. The Bertz CT molecular complexity index is 463. The minimum Gasteiger partial charge on any atom is -0.479 e. The van der Waals surface area contributed by atoms with Crippen LogP contribution in [0.1, 0.15) is 47.5 Å². The van der Waals surface area contributed by atoms with Crippen molar-refractivity contribution in [1.82, 2.24) is 5.32 Å². The number of carbonyl (C=O) groups is 2. The fourth-order valence-corrected chi connectivity index (χ4v) is 2.14. The SMILES string of the molecule is C=CC1=C(C=C)CC(NC(=O)OC(C)(C)C)(C(=O)O)C1.CC. The monoisotopic (exact) mass is 309 g/mol. The third-order valence-corrected chi connectivity index (χ3v) is 3.04. The molecule has 124 valence electrons. The van der Waals surface area contributed by atoms with Gasteiger partial charge in [-0.15, -0.1) is 0 Å². The van der Waals surface area contributed by atoms with Crippen LogP contribution in [0, 0.1) is 0 Å². The molecule has 1 amide bonds. The normalized spacial score (nSPS) is 16.2. The minimum absolute atomic E-state index is 0.173. The van der Waals surface area contributed by atoms with E-state index in [-0.39, 0.29) is 12.8 Å². The molecule has 5 heteroatoms. The molecule has 0 atom stereocenters. The van der Waals surface area contributed by atoms with Gasteiger partial charge in [0, 0.05) is 12.8 Å². The highest BCUT2D eigenvalue weighted by Crippen LogP contribution is 2.36. The van der Waals surface area contributed by atoms with Gasteiger partial charge in [0.15, 0.2) is 0 Å². The number of alkyl carbamates (subject to hydrolysis) is 1. The Morgan fingerprint density at radius 1 is 1.18 bits per heavy atom. The fourth-order valence-electron chi connectivity index (χ4n) is 2.14. The third kappa shape index (κ3) is 5.06. The average molecular weight is 309 g/mol. The lowest BCUT2D eigenvalue weighted by Gasteiger charge is -2.28. The lowest BCUT2D eigenvalue weighted by atomic mass is 9.94. The summed E-state index contributed by atoms with van der Waals surface area (Å²) in [6.45, 7) is 16.5. The summed E-state index contributed by atoms with van der Waals surface area (Å²) in [4.78, 5) is 23.4. The summed E-state index contributed by atoms with van der Waals surface area (Å²) in [5.41, 5.74) is -0.523. The largest absolute Gasteiger partial charge is 0.479 e. The van der Waals surface area contributed by atoms with Crippen molar-refractivity contribution in [3.63, 3.8) is 0 Å². The molecule has 0 radical (unpaired) electrons. The molecule has 1 rings (SSSR count). The van der Waals surface area contributed by atoms with Crippen molar-refractivity contribution in [3.05, 3.63) is 36.5 Å². The van der Waals surface area contributed by atoms with Gasteiger partial charge in [-0.3, -0.25) is 0 Å². The summed E-state index contributed by atoms with van der Waals surface area (Å²) in [7, 11) is 0. The number of aliphatic carboxylic acids is 1. The van der Waals surface area contributed by atoms with Gasteiger partial charge in [-0.2, -0.15) is 0 Å². The number of allylic oxidation sites excluding steroid dienone is 2. The Labute approximate surface area is 132 Å². The van der Waals surface area contributed by atoms with Crippen LogP contribution in [0.4, 0.5) is 4.79 Å². The minimum atomic E-state index is -1.39. The van der Waals surface area contributed by atoms with E-state index < -0.39 is 23.2 Å². The number of carboxylic acids is 1. The van der Waals surface area contributed by atoms with Gasteiger partial charge in [0.2, 0.25) is 0 Å². The molecule has 0 saturated heterocycles. The standard InChI is InChI=1S/C15H21NO4.C2H6/c1-6-10-8-15(12(17)18,9-11(10)7-2)16-13(19)20-14(3,4)5;1-2/h6-7H,1-2,8-9H2,3-5H3,(H,16,19)(H,17,18);1-2H3. The number of amides is 1. The maximum absolute atomic E-state index is 11.8. The summed E-state index contributed by atoms with van der Waals surface area (Å²) in [6.07, 6.45) is 2.80. The predicted molar refractivity (Wildman–Crippen MR) is 87.7 cm³/mol. The van der Waals surface area contributed by atoms with Crippen molar-refractivity contribution >= 4 is 12.1 Å². The first kappa shape index (κ1) is 20.0. The van der Waals surface area contributed by atoms with Crippen LogP contribution in [-0.2, 0) is 9.53 Å². The van der Waals surface area contributed by atoms with E-state index in [2.05, 4.69) is 18.5 Å². The van der Waals surface area contributed by atoms with Crippen molar-refractivity contribution in [3.8, 4) is 0 Å². The molecule has 1 aliphatic carbocycles. The summed E-state index contributed by atoms with van der Waals surface area (Å²) in [5.74, 6) is -1.10. The van der Waals surface area contributed by atoms with Gasteiger partial charge in [-0.25, -0.2) is 9.59 Å². The first-order valence-corrected chi connectivity index (χ1v) is 7.35. The van der Waals surface area contributed by atoms with E-state index in [0.717, 1.165) is 11.1 Å². The molecule has 0 saturated carbocycles. The highest BCUT2D eigenvalue weighted by atomic mass is 16.6. The molecule has 0 heterocycles. The first-order valence-electron chi connectivity index (χ1n) is 7.35. The van der Waals surface area contributed by atoms with Gasteiger partial charge in [0.05, 0.1) is 0 Å². The second-order valence-corrected chi connectivity index (χ2v) is 5.83. The fraction of sp³-hybridized carbons (Fsp3) is 0.529. The molecule has 0 unspecified atom stereocenters. The van der Waals surface area contributed by atoms with Crippen LogP contribution in [0.2, 0.25) is 0 Å². The van der Waals surface area contributed by atoms with Crippen molar-refractivity contribution in [1.29, 1.82) is 0 Å². The van der Waals surface area contributed by atoms with Crippen molar-refractivity contribution in [2.75, 3.05) is 0 Å². The van der Waals surface area contributed by atoms with E-state index in [9.17, 15) is 14.7 Å². The molecular formula is C17H27NO4. The van der Waals surface area contributed by atoms with Crippen LogP contribution in [0.3, 0.4) is 0 Å². The molecule has 0 fully saturated rings. The van der Waals surface area contributed by atoms with E-state index in [1.54, 1.807) is 32.9 Å². The first-order chi connectivity index (χ1) is 10.1. The molecule has 22 heavy (non-hydrogen) atoms. The highest BCUT2D eigenvalue weighted by Gasteiger charge is 2.46. The van der Waals surface area contributed by atoms with Gasteiger partial charge in [-0.1, -0.05) is 39.2 Å². The molecule has 0 bridgehead atoms. The number of rotatable bonds is 4. The maximum atomic E-state index is 11.8. The predicted octanol–water partition coefficient (Wildman–Crippen LogP) is 3.82. The Balaban J connectivity index is 0.00000211. The molecule has 0 aromatic carbocycles. The topological polar surface area (TPSA) is 75.6 Å². The Hall–Kier alpha value is -2.04. The molecular weight excluding hydrogens is 282 g/mol. The number of ether oxygens (including phenoxy) is 1. The number of carboxylic acid groups (broad SMARTS) is 1. The van der Waals surface area contributed by atoms with Gasteiger partial charge in [-0.05, 0) is 31.9 Å². The van der Waals surface area contributed by atoms with Crippen molar-refractivity contribution < 1.29 is 19.4 Å². The lowest BCUT2D eigenvalue weighted by Crippen LogP contribution is -2.54. The molecule has 0 aliphatic heterocycles. The van der Waals surface area contributed by atoms with Crippen LogP contribution in [0.15, 0.2) is 36.5 Å². The summed E-state index contributed by atoms with van der Waals surface area (Å²) in [5, 5.41) is 12.0. The van der Waals surface area contributed by atoms with Crippen LogP contribution in [0.5, 0.6) is 0 Å². The molecule has 2 N–H and O–H groups in total. The van der Waals surface area contributed by atoms with E-state index in [0.29, 0.717) is 0 Å². The smallest absolute Gasteiger partial charge is 0.408 e. The molecule has 5 nitrogen and oxygen atoms in total. The van der Waals surface area contributed by atoms with E-state index in [4.69, 9.17) is 4.74 Å². The average Bonchev–Trinajstić information content (AvgIpc) is 2.78. The molecule has 0 spiro atoms. The zero-order valence-corrected chi connectivity index (χ0v) is 14.2. The molecule has 0 aromatic rings. The van der Waals surface area contributed by atoms with E-state index in [1.165, 1.54) is 0 Å². The van der Waals surface area contributed by atoms with Crippen LogP contribution < -0.4 is 5.32 Å². The van der Waals surface area contributed by atoms with Crippen molar-refractivity contribution in [2.24, 2.45) is 0 Å². The zero-order chi connectivity index (χ0) is 17.6. The van der Waals surface area contributed by atoms with Gasteiger partial charge in [0.1, 0.15) is 11.1 Å². The van der Waals surface area contributed by atoms with Crippen LogP contribution in [-0.4, -0.2) is 28.3 Å². The van der Waals surface area contributed by atoms with E-state index >= 15 is 0 Å². The Kier molecular flexibility index (Phi) is 7.10. The van der Waals surface area contributed by atoms with E-state index in [1.807, 2.05) is 13.8 Å². The molecule has 1 aliphatic rings. The third-order valence-electron chi connectivity index (χ3n) is 3.04. The van der Waals surface area contributed by atoms with Gasteiger partial charge < -0.3 is 15.2 Å². The summed E-state index contributed by atoms with van der Waals surface area (Å²) >= 11 is 0. The lowest BCUT2D eigenvalue weighted by molar-refractivity contribution is -0.144.